The van der Waals surface area contributed by atoms with Gasteiger partial charge in [-0.15, -0.1) is 0 Å². The molecule has 13 nitrogen and oxygen atoms in total. The molecule has 0 bridgehead atoms. The molecule has 1 N–H and O–H groups in total. The maximum atomic E-state index is 12.7. The van der Waals surface area contributed by atoms with E-state index < -0.39 is 41.1 Å². The summed E-state index contributed by atoms with van der Waals surface area (Å²) in [5, 5.41) is 13.9. The zero-order valence-electron chi connectivity index (χ0n) is 17.7. The number of hydrogen-bond donors (Lipinski definition) is 1. The Morgan fingerprint density at radius 3 is 2.62 bits per heavy atom. The molecule has 0 aliphatic carbocycles. The quantitative estimate of drug-likeness (QED) is 0.173. The molecule has 1 fully saturated rings. The van der Waals surface area contributed by atoms with Crippen LogP contribution in [0, 0.1) is 10.1 Å². The highest BCUT2D eigenvalue weighted by molar-refractivity contribution is 9.10. The second-order valence-corrected chi connectivity index (χ2v) is 7.46. The van der Waals surface area contributed by atoms with Crippen molar-refractivity contribution in [3.05, 3.63) is 61.6 Å². The number of hydrogen-bond acceptors (Lipinski definition) is 10. The molecule has 0 atom stereocenters. The number of nitrogens with one attached hydrogen (secondary N) is 1. The predicted octanol–water partition coefficient (Wildman–Crippen LogP) is 2.38. The fourth-order valence-corrected chi connectivity index (χ4v) is 3.44. The van der Waals surface area contributed by atoms with Gasteiger partial charge in [-0.3, -0.25) is 19.8 Å². The van der Waals surface area contributed by atoms with E-state index in [4.69, 9.17) is 9.15 Å². The number of amides is 3. The highest BCUT2D eigenvalue weighted by atomic mass is 79.9. The van der Waals surface area contributed by atoms with Crippen LogP contribution < -0.4 is 10.1 Å². The third-order valence-corrected chi connectivity index (χ3v) is 5.03. The summed E-state index contributed by atoms with van der Waals surface area (Å²) in [6.07, 6.45) is 1.24. The SMILES string of the molecule is COC(=O)COc1c(Br)cc(/C=C2\NC(=O)N(Cc3ccc(C(=O)OC)o3)C2=O)cc1[N+](=O)[O-]. The van der Waals surface area contributed by atoms with Crippen LogP contribution in [-0.4, -0.2) is 54.5 Å². The van der Waals surface area contributed by atoms with Gasteiger partial charge in [-0.05, 0) is 45.8 Å². The molecule has 14 heteroatoms. The molecule has 0 spiro atoms. The van der Waals surface area contributed by atoms with Crippen LogP contribution >= 0.6 is 15.9 Å². The van der Waals surface area contributed by atoms with Crippen molar-refractivity contribution in [3.8, 4) is 5.75 Å². The lowest BCUT2D eigenvalue weighted by Crippen LogP contribution is -2.30. The second-order valence-electron chi connectivity index (χ2n) is 6.61. The van der Waals surface area contributed by atoms with Gasteiger partial charge in [0, 0.05) is 6.07 Å². The van der Waals surface area contributed by atoms with Crippen molar-refractivity contribution in [2.24, 2.45) is 0 Å². The van der Waals surface area contributed by atoms with Crippen molar-refractivity contribution in [2.75, 3.05) is 20.8 Å². The van der Waals surface area contributed by atoms with Crippen LogP contribution in [-0.2, 0) is 25.6 Å². The number of esters is 2. The van der Waals surface area contributed by atoms with Gasteiger partial charge in [-0.2, -0.15) is 0 Å². The monoisotopic (exact) mass is 537 g/mol. The van der Waals surface area contributed by atoms with Crippen LogP contribution in [0.1, 0.15) is 21.9 Å². The summed E-state index contributed by atoms with van der Waals surface area (Å²) >= 11 is 3.15. The summed E-state index contributed by atoms with van der Waals surface area (Å²) in [5.74, 6) is -2.30. The summed E-state index contributed by atoms with van der Waals surface area (Å²) in [4.78, 5) is 59.4. The lowest BCUT2D eigenvalue weighted by atomic mass is 10.1. The first kappa shape index (κ1) is 24.4. The number of nitrogens with zero attached hydrogens (tertiary/aromatic N) is 2. The molecule has 3 rings (SSSR count). The van der Waals surface area contributed by atoms with Gasteiger partial charge in [-0.25, -0.2) is 14.4 Å². The first-order valence-corrected chi connectivity index (χ1v) is 10.1. The summed E-state index contributed by atoms with van der Waals surface area (Å²) in [7, 11) is 2.32. The normalized spacial score (nSPS) is 14.2. The molecule has 1 aliphatic rings. The van der Waals surface area contributed by atoms with Crippen LogP contribution in [0.25, 0.3) is 6.08 Å². The first-order valence-electron chi connectivity index (χ1n) is 9.33. The number of methoxy groups -OCH3 is 2. The lowest BCUT2D eigenvalue weighted by molar-refractivity contribution is -0.385. The number of furan rings is 1. The average Bonchev–Trinajstić information content (AvgIpc) is 3.37. The summed E-state index contributed by atoms with van der Waals surface area (Å²) in [6, 6.07) is 4.53. The Kier molecular flexibility index (Phi) is 7.31. The van der Waals surface area contributed by atoms with E-state index in [0.29, 0.717) is 0 Å². The highest BCUT2D eigenvalue weighted by Gasteiger charge is 2.34. The Balaban J connectivity index is 1.83. The van der Waals surface area contributed by atoms with Crippen molar-refractivity contribution >= 4 is 51.6 Å². The number of urea groups is 1. The molecule has 178 valence electrons. The van der Waals surface area contributed by atoms with E-state index in [2.05, 4.69) is 30.7 Å². The molecule has 1 aromatic carbocycles. The molecule has 34 heavy (non-hydrogen) atoms. The largest absolute Gasteiger partial charge is 0.474 e. The Hall–Kier alpha value is -4.20. The van der Waals surface area contributed by atoms with E-state index in [9.17, 15) is 29.3 Å². The number of benzene rings is 1. The summed E-state index contributed by atoms with van der Waals surface area (Å²) in [5.41, 5.74) is -0.431. The third-order valence-electron chi connectivity index (χ3n) is 4.44. The van der Waals surface area contributed by atoms with Crippen LogP contribution in [0.15, 0.2) is 38.9 Å². The minimum atomic E-state index is -0.751. The number of carbonyl (C=O) groups excluding carboxylic acids is 4. The number of nitro groups is 1. The van der Waals surface area contributed by atoms with Gasteiger partial charge < -0.3 is 23.9 Å². The predicted molar refractivity (Wildman–Crippen MR) is 115 cm³/mol. The molecule has 1 saturated heterocycles. The van der Waals surface area contributed by atoms with E-state index in [1.807, 2.05) is 0 Å². The zero-order valence-corrected chi connectivity index (χ0v) is 19.2. The Morgan fingerprint density at radius 1 is 1.24 bits per heavy atom. The topological polar surface area (TPSA) is 168 Å². The van der Waals surface area contributed by atoms with Gasteiger partial charge in [0.15, 0.2) is 6.61 Å². The van der Waals surface area contributed by atoms with Crippen molar-refractivity contribution in [1.29, 1.82) is 0 Å². The molecular weight excluding hydrogens is 522 g/mol. The number of imide groups is 1. The van der Waals surface area contributed by atoms with Crippen molar-refractivity contribution in [3.63, 3.8) is 0 Å². The van der Waals surface area contributed by atoms with Crippen LogP contribution in [0.3, 0.4) is 0 Å². The Bertz CT molecular complexity index is 1220. The van der Waals surface area contributed by atoms with Gasteiger partial charge in [0.05, 0.1) is 30.2 Å². The third kappa shape index (κ3) is 5.23. The van der Waals surface area contributed by atoms with E-state index in [1.165, 1.54) is 31.4 Å². The maximum absolute atomic E-state index is 12.7. The number of nitro benzene ring substituents is 1. The number of carbonyl (C=O) groups is 4. The molecule has 1 aliphatic heterocycles. The van der Waals surface area contributed by atoms with E-state index >= 15 is 0 Å². The van der Waals surface area contributed by atoms with Gasteiger partial charge in [0.2, 0.25) is 11.5 Å². The molecule has 0 unspecified atom stereocenters. The fourth-order valence-electron chi connectivity index (χ4n) is 2.86. The van der Waals surface area contributed by atoms with Crippen LogP contribution in [0.4, 0.5) is 10.5 Å². The molecule has 0 radical (unpaired) electrons. The van der Waals surface area contributed by atoms with Crippen molar-refractivity contribution in [2.45, 2.75) is 6.54 Å². The number of ether oxygens (including phenoxy) is 3. The van der Waals surface area contributed by atoms with E-state index in [0.717, 1.165) is 18.1 Å². The van der Waals surface area contributed by atoms with Crippen molar-refractivity contribution in [1.82, 2.24) is 10.2 Å². The molecule has 2 heterocycles. The molecule has 1 aromatic heterocycles. The maximum Gasteiger partial charge on any atom is 0.373 e. The Morgan fingerprint density at radius 2 is 1.97 bits per heavy atom. The zero-order chi connectivity index (χ0) is 25.0. The number of rotatable bonds is 8. The minimum absolute atomic E-state index is 0.0908. The van der Waals surface area contributed by atoms with E-state index in [1.54, 1.807) is 0 Å². The van der Waals surface area contributed by atoms with Gasteiger partial charge in [-0.1, -0.05) is 0 Å². The summed E-state index contributed by atoms with van der Waals surface area (Å²) in [6.45, 7) is -0.812. The smallest absolute Gasteiger partial charge is 0.373 e. The minimum Gasteiger partial charge on any atom is -0.474 e. The van der Waals surface area contributed by atoms with Crippen LogP contribution in [0.2, 0.25) is 0 Å². The van der Waals surface area contributed by atoms with E-state index in [-0.39, 0.29) is 39.5 Å². The highest BCUT2D eigenvalue weighted by Crippen LogP contribution is 2.37. The standard InChI is InChI=1S/C20H16BrN3O10/c1-31-16(25)9-33-17-12(21)5-10(7-14(17)24(29)30)6-13-18(26)23(20(28)22-13)8-11-3-4-15(34-11)19(27)32-2/h3-7H,8-9H2,1-2H3,(H,22,28)/b13-6-. The Labute approximate surface area is 199 Å². The average molecular weight is 538 g/mol. The molecule has 2 aromatic rings. The molecule has 0 saturated carbocycles. The fraction of sp³-hybridized carbons (Fsp3) is 0.200. The van der Waals surface area contributed by atoms with Gasteiger partial charge in [0.1, 0.15) is 11.5 Å². The second kappa shape index (κ2) is 10.2. The molecule has 3 amide bonds. The van der Waals surface area contributed by atoms with Crippen LogP contribution in [0.5, 0.6) is 5.75 Å². The molecular formula is C20H16BrN3O10. The van der Waals surface area contributed by atoms with Crippen molar-refractivity contribution < 1.29 is 42.7 Å². The lowest BCUT2D eigenvalue weighted by Gasteiger charge is -2.09. The first-order chi connectivity index (χ1) is 16.1. The van der Waals surface area contributed by atoms with Gasteiger partial charge >= 0.3 is 23.7 Å². The number of halogens is 1. The van der Waals surface area contributed by atoms with Gasteiger partial charge in [0.25, 0.3) is 5.91 Å². The summed E-state index contributed by atoms with van der Waals surface area (Å²) < 4.78 is 19.6.